The smallest absolute Gasteiger partial charge is 0.329 e. The van der Waals surface area contributed by atoms with Gasteiger partial charge in [0.25, 0.3) is 5.91 Å². The van der Waals surface area contributed by atoms with Crippen molar-refractivity contribution in [1.82, 2.24) is 26.2 Å². The van der Waals surface area contributed by atoms with Crippen LogP contribution in [0.25, 0.3) is 0 Å². The van der Waals surface area contributed by atoms with Crippen LogP contribution in [-0.4, -0.2) is 70.6 Å². The molecule has 0 radical (unpaired) electrons. The standard InChI is InChI=1S/C35H49N7O5S/c1-23(2)20-29(33(45)38-28(16-10-11-17-36)32(44)41-35(47)42-18-19-48-24(42)3)40-34(46)30(22-26-14-8-5-9-15-26)39-31(43)27(37)21-25-12-6-4-7-13-25/h4-9,12-15,18-19,23-24,27-30H,10-11,16-17,20-22,36-37H2,1-3H3,(H,38,45)(H,39,43)(H,40,46)(H,41,44,47)/t24?,27-,28-,29-,30-/m1/s1. The lowest BCUT2D eigenvalue weighted by atomic mass is 9.99. The molecule has 3 rings (SSSR count). The van der Waals surface area contributed by atoms with E-state index in [1.807, 2.05) is 81.4 Å². The van der Waals surface area contributed by atoms with E-state index in [0.717, 1.165) is 11.1 Å². The molecule has 0 saturated heterocycles. The SMILES string of the molecule is CC(C)C[C@@H](NC(=O)[C@@H](Cc1ccccc1)NC(=O)[C@H](N)Cc1ccccc1)C(=O)N[C@H](CCCCN)C(=O)NC(=O)N1C=CSC1C. The number of hydrogen-bond acceptors (Lipinski definition) is 8. The van der Waals surface area contributed by atoms with Gasteiger partial charge in [0.15, 0.2) is 0 Å². The first-order valence-electron chi connectivity index (χ1n) is 16.4. The lowest BCUT2D eigenvalue weighted by Crippen LogP contribution is -2.59. The molecule has 0 aliphatic carbocycles. The highest BCUT2D eigenvalue weighted by Crippen LogP contribution is 2.24. The molecule has 1 aliphatic heterocycles. The van der Waals surface area contributed by atoms with Gasteiger partial charge in [0.1, 0.15) is 18.1 Å². The molecule has 8 N–H and O–H groups in total. The van der Waals surface area contributed by atoms with Crippen molar-refractivity contribution in [1.29, 1.82) is 0 Å². The van der Waals surface area contributed by atoms with E-state index in [9.17, 15) is 24.0 Å². The first-order valence-corrected chi connectivity index (χ1v) is 17.3. The topological polar surface area (TPSA) is 189 Å². The fourth-order valence-corrected chi connectivity index (χ4v) is 5.92. The van der Waals surface area contributed by atoms with Gasteiger partial charge in [-0.15, -0.1) is 11.8 Å². The normalized spacial score (nSPS) is 16.5. The van der Waals surface area contributed by atoms with Crippen molar-refractivity contribution >= 4 is 41.4 Å². The average molecular weight is 680 g/mol. The van der Waals surface area contributed by atoms with Gasteiger partial charge in [0.05, 0.1) is 11.4 Å². The van der Waals surface area contributed by atoms with Crippen molar-refractivity contribution in [3.05, 3.63) is 83.4 Å². The zero-order valence-corrected chi connectivity index (χ0v) is 28.7. The van der Waals surface area contributed by atoms with Crippen molar-refractivity contribution < 1.29 is 24.0 Å². The minimum Gasteiger partial charge on any atom is -0.343 e. The van der Waals surface area contributed by atoms with Gasteiger partial charge in [-0.25, -0.2) is 4.79 Å². The summed E-state index contributed by atoms with van der Waals surface area (Å²) in [5.74, 6) is -2.30. The van der Waals surface area contributed by atoms with Crippen LogP contribution in [0.1, 0.15) is 57.6 Å². The second-order valence-electron chi connectivity index (χ2n) is 12.3. The Labute approximate surface area is 287 Å². The van der Waals surface area contributed by atoms with Gasteiger partial charge in [-0.3, -0.25) is 29.4 Å². The van der Waals surface area contributed by atoms with Gasteiger partial charge in [-0.1, -0.05) is 74.5 Å². The maximum atomic E-state index is 13.8. The van der Waals surface area contributed by atoms with Crippen molar-refractivity contribution in [2.24, 2.45) is 17.4 Å². The summed E-state index contributed by atoms with van der Waals surface area (Å²) in [4.78, 5) is 68.2. The third kappa shape index (κ3) is 12.4. The van der Waals surface area contributed by atoms with E-state index < -0.39 is 53.8 Å². The molecule has 12 nitrogen and oxygen atoms in total. The highest BCUT2D eigenvalue weighted by Gasteiger charge is 2.32. The Hall–Kier alpha value is -4.20. The maximum Gasteiger partial charge on any atom is 0.329 e. The molecule has 2 aromatic rings. The molecule has 1 heterocycles. The number of hydrogen-bond donors (Lipinski definition) is 6. The zero-order chi connectivity index (χ0) is 35.1. The molecule has 48 heavy (non-hydrogen) atoms. The lowest BCUT2D eigenvalue weighted by molar-refractivity contribution is -0.134. The van der Waals surface area contributed by atoms with E-state index in [0.29, 0.717) is 19.4 Å². The molecule has 5 atom stereocenters. The third-order valence-electron chi connectivity index (χ3n) is 7.82. The van der Waals surface area contributed by atoms with E-state index in [4.69, 9.17) is 11.5 Å². The molecule has 6 amide bonds. The molecule has 0 saturated carbocycles. The molecule has 0 spiro atoms. The quantitative estimate of drug-likeness (QED) is 0.138. The van der Waals surface area contributed by atoms with E-state index in [-0.39, 0.29) is 37.0 Å². The van der Waals surface area contributed by atoms with Crippen molar-refractivity contribution in [3.8, 4) is 0 Å². The molecular weight excluding hydrogens is 630 g/mol. The summed E-state index contributed by atoms with van der Waals surface area (Å²) < 4.78 is 0. The maximum absolute atomic E-state index is 13.8. The van der Waals surface area contributed by atoms with Crippen molar-refractivity contribution in [2.45, 2.75) is 88.8 Å². The summed E-state index contributed by atoms with van der Waals surface area (Å²) >= 11 is 1.44. The number of amides is 6. The van der Waals surface area contributed by atoms with Crippen LogP contribution in [0, 0.1) is 5.92 Å². The van der Waals surface area contributed by atoms with Gasteiger partial charge in [0, 0.05) is 12.6 Å². The lowest BCUT2D eigenvalue weighted by Gasteiger charge is -2.27. The predicted molar refractivity (Wildman–Crippen MR) is 188 cm³/mol. The van der Waals surface area contributed by atoms with Crippen molar-refractivity contribution in [3.63, 3.8) is 0 Å². The van der Waals surface area contributed by atoms with E-state index in [1.165, 1.54) is 16.7 Å². The Morgan fingerprint density at radius 3 is 1.90 bits per heavy atom. The van der Waals surface area contributed by atoms with Gasteiger partial charge in [0.2, 0.25) is 17.7 Å². The van der Waals surface area contributed by atoms with Crippen LogP contribution in [0.3, 0.4) is 0 Å². The number of carbonyl (C=O) groups is 5. The number of urea groups is 1. The molecule has 1 unspecified atom stereocenters. The average Bonchev–Trinajstić information content (AvgIpc) is 3.50. The Kier molecular flexibility index (Phi) is 15.6. The Morgan fingerprint density at radius 2 is 1.33 bits per heavy atom. The Bertz CT molecular complexity index is 1390. The highest BCUT2D eigenvalue weighted by atomic mass is 32.2. The molecule has 0 bridgehead atoms. The molecule has 0 aromatic heterocycles. The van der Waals surface area contributed by atoms with Gasteiger partial charge < -0.3 is 27.4 Å². The van der Waals surface area contributed by atoms with E-state index in [2.05, 4.69) is 21.3 Å². The first-order chi connectivity index (χ1) is 23.0. The number of nitrogens with one attached hydrogen (secondary N) is 4. The van der Waals surface area contributed by atoms with E-state index in [1.54, 1.807) is 11.6 Å². The molecule has 1 aliphatic rings. The number of thioether (sulfide) groups is 1. The summed E-state index contributed by atoms with van der Waals surface area (Å²) in [5.41, 5.74) is 13.6. The monoisotopic (exact) mass is 679 g/mol. The minimum absolute atomic E-state index is 0.00505. The number of nitrogens with zero attached hydrogens (tertiary/aromatic N) is 1. The van der Waals surface area contributed by atoms with Gasteiger partial charge >= 0.3 is 6.03 Å². The molecular formula is C35H49N7O5S. The molecule has 2 aromatic carbocycles. The summed E-state index contributed by atoms with van der Waals surface area (Å²) in [5, 5.41) is 12.4. The van der Waals surface area contributed by atoms with Crippen LogP contribution in [-0.2, 0) is 32.0 Å². The highest BCUT2D eigenvalue weighted by molar-refractivity contribution is 8.02. The predicted octanol–water partition coefficient (Wildman–Crippen LogP) is 2.53. The second kappa shape index (κ2) is 19.6. The molecule has 13 heteroatoms. The summed E-state index contributed by atoms with van der Waals surface area (Å²) in [7, 11) is 0. The zero-order valence-electron chi connectivity index (χ0n) is 27.9. The first kappa shape index (κ1) is 38.2. The van der Waals surface area contributed by atoms with Crippen LogP contribution in [0.4, 0.5) is 4.79 Å². The third-order valence-corrected chi connectivity index (χ3v) is 8.72. The minimum atomic E-state index is -1.04. The number of unbranched alkanes of at least 4 members (excludes halogenated alkanes) is 1. The van der Waals surface area contributed by atoms with Crippen molar-refractivity contribution in [2.75, 3.05) is 6.54 Å². The van der Waals surface area contributed by atoms with Crippen LogP contribution in [0.15, 0.2) is 72.3 Å². The van der Waals surface area contributed by atoms with Crippen LogP contribution in [0.2, 0.25) is 0 Å². The van der Waals surface area contributed by atoms with Crippen LogP contribution < -0.4 is 32.7 Å². The number of benzene rings is 2. The van der Waals surface area contributed by atoms with E-state index >= 15 is 0 Å². The number of imide groups is 1. The largest absolute Gasteiger partial charge is 0.343 e. The summed E-state index contributed by atoms with van der Waals surface area (Å²) in [6, 6.07) is 14.0. The van der Waals surface area contributed by atoms with Crippen LogP contribution >= 0.6 is 11.8 Å². The van der Waals surface area contributed by atoms with Crippen LogP contribution in [0.5, 0.6) is 0 Å². The van der Waals surface area contributed by atoms with Gasteiger partial charge in [-0.2, -0.15) is 0 Å². The number of rotatable bonds is 17. The molecule has 260 valence electrons. The summed E-state index contributed by atoms with van der Waals surface area (Å²) in [6.07, 6.45) is 3.71. The fourth-order valence-electron chi connectivity index (χ4n) is 5.20. The second-order valence-corrected chi connectivity index (χ2v) is 13.5. The summed E-state index contributed by atoms with van der Waals surface area (Å²) in [6.45, 7) is 6.05. The fraction of sp³-hybridized carbons (Fsp3) is 0.457. The molecule has 0 fully saturated rings. The number of carbonyl (C=O) groups excluding carboxylic acids is 5. The Balaban J connectivity index is 1.76. The number of nitrogens with two attached hydrogens (primary N) is 2. The van der Waals surface area contributed by atoms with Gasteiger partial charge in [-0.05, 0) is 68.0 Å². The Morgan fingerprint density at radius 1 is 0.771 bits per heavy atom.